The van der Waals surface area contributed by atoms with E-state index in [0.29, 0.717) is 10.3 Å². The van der Waals surface area contributed by atoms with Crippen molar-refractivity contribution in [2.24, 2.45) is 5.10 Å². The molecule has 3 aromatic rings. The fourth-order valence-electron chi connectivity index (χ4n) is 2.81. The fraction of sp³-hybridized carbons (Fsp3) is 0.217. The third-order valence-corrected chi connectivity index (χ3v) is 5.75. The maximum absolute atomic E-state index is 12.1. The first kappa shape index (κ1) is 21.1. The molecule has 2 aromatic carbocycles. The highest BCUT2D eigenvalue weighted by Gasteiger charge is 2.10. The summed E-state index contributed by atoms with van der Waals surface area (Å²) in [5.74, 6) is 0.714. The van der Waals surface area contributed by atoms with Crippen LogP contribution in [-0.4, -0.2) is 18.7 Å². The number of nitrogens with one attached hydrogen (secondary N) is 1. The van der Waals surface area contributed by atoms with Crippen molar-refractivity contribution in [2.75, 3.05) is 6.61 Å². The Labute approximate surface area is 180 Å². The van der Waals surface area contributed by atoms with Gasteiger partial charge in [0.15, 0.2) is 6.61 Å². The van der Waals surface area contributed by atoms with E-state index in [9.17, 15) is 4.79 Å². The molecule has 0 bridgehead atoms. The molecule has 0 radical (unpaired) electrons. The summed E-state index contributed by atoms with van der Waals surface area (Å²) >= 11 is 7.78. The zero-order valence-electron chi connectivity index (χ0n) is 16.6. The van der Waals surface area contributed by atoms with E-state index in [1.165, 1.54) is 11.3 Å². The van der Waals surface area contributed by atoms with Crippen LogP contribution in [0.1, 0.15) is 36.5 Å². The number of rotatable bonds is 7. The molecule has 1 aromatic heterocycles. The number of aryl methyl sites for hydroxylation is 1. The van der Waals surface area contributed by atoms with E-state index in [4.69, 9.17) is 16.3 Å². The van der Waals surface area contributed by atoms with Gasteiger partial charge in [-0.15, -0.1) is 11.3 Å². The van der Waals surface area contributed by atoms with Crippen molar-refractivity contribution in [1.29, 1.82) is 0 Å². The first-order valence-corrected chi connectivity index (χ1v) is 10.5. The standard InChI is InChI=1S/C23H23ClN2O2S/c1-15(2)19-10-9-16(3)11-20(19)28-14-22(27)26-25-13-18-12-21(29-23(18)24)17-7-5-4-6-8-17/h4-13,15H,14H2,1-3H3,(H,26,27)/b25-13+. The fourth-order valence-corrected chi connectivity index (χ4v) is 4.02. The number of amides is 1. The normalized spacial score (nSPS) is 11.2. The molecule has 0 aliphatic heterocycles. The molecule has 150 valence electrons. The first-order chi connectivity index (χ1) is 13.9. The largest absolute Gasteiger partial charge is 0.483 e. The smallest absolute Gasteiger partial charge is 0.277 e. The second-order valence-corrected chi connectivity index (χ2v) is 8.64. The van der Waals surface area contributed by atoms with Gasteiger partial charge in [0, 0.05) is 10.4 Å². The minimum absolute atomic E-state index is 0.104. The molecule has 6 heteroatoms. The molecule has 0 saturated heterocycles. The van der Waals surface area contributed by atoms with Gasteiger partial charge in [-0.25, -0.2) is 5.43 Å². The molecule has 0 fully saturated rings. The van der Waals surface area contributed by atoms with Crippen molar-refractivity contribution in [3.63, 3.8) is 0 Å². The highest BCUT2D eigenvalue weighted by Crippen LogP contribution is 2.34. The molecular weight excluding hydrogens is 404 g/mol. The van der Waals surface area contributed by atoms with Gasteiger partial charge in [0.1, 0.15) is 10.1 Å². The number of benzene rings is 2. The number of ether oxygens (including phenoxy) is 1. The Kier molecular flexibility index (Phi) is 7.07. The zero-order valence-corrected chi connectivity index (χ0v) is 18.2. The van der Waals surface area contributed by atoms with Gasteiger partial charge in [0.05, 0.1) is 6.21 Å². The minimum Gasteiger partial charge on any atom is -0.483 e. The van der Waals surface area contributed by atoms with E-state index >= 15 is 0 Å². The van der Waals surface area contributed by atoms with Gasteiger partial charge in [-0.3, -0.25) is 4.79 Å². The Morgan fingerprint density at radius 2 is 1.97 bits per heavy atom. The Balaban J connectivity index is 1.58. The molecular formula is C23H23ClN2O2S. The van der Waals surface area contributed by atoms with Gasteiger partial charge in [-0.1, -0.05) is 67.9 Å². The van der Waals surface area contributed by atoms with Crippen LogP contribution >= 0.6 is 22.9 Å². The maximum atomic E-state index is 12.1. The van der Waals surface area contributed by atoms with Crippen molar-refractivity contribution < 1.29 is 9.53 Å². The van der Waals surface area contributed by atoms with E-state index in [1.807, 2.05) is 61.5 Å². The molecule has 1 amide bonds. The molecule has 29 heavy (non-hydrogen) atoms. The van der Waals surface area contributed by atoms with Crippen LogP contribution in [0.4, 0.5) is 0 Å². The van der Waals surface area contributed by atoms with Crippen LogP contribution in [0.2, 0.25) is 4.34 Å². The summed E-state index contributed by atoms with van der Waals surface area (Å²) in [5.41, 5.74) is 6.51. The summed E-state index contributed by atoms with van der Waals surface area (Å²) < 4.78 is 6.34. The lowest BCUT2D eigenvalue weighted by molar-refractivity contribution is -0.123. The van der Waals surface area contributed by atoms with Gasteiger partial charge < -0.3 is 4.74 Å². The van der Waals surface area contributed by atoms with Gasteiger partial charge >= 0.3 is 0 Å². The number of hydrogen-bond acceptors (Lipinski definition) is 4. The van der Waals surface area contributed by atoms with Crippen LogP contribution in [0.15, 0.2) is 59.7 Å². The van der Waals surface area contributed by atoms with Crippen LogP contribution in [0.25, 0.3) is 10.4 Å². The quantitative estimate of drug-likeness (QED) is 0.370. The molecule has 3 rings (SSSR count). The molecule has 0 spiro atoms. The van der Waals surface area contributed by atoms with Crippen LogP contribution in [0.5, 0.6) is 5.75 Å². The lowest BCUT2D eigenvalue weighted by Gasteiger charge is -2.14. The van der Waals surface area contributed by atoms with Gasteiger partial charge in [-0.05, 0) is 41.7 Å². The summed E-state index contributed by atoms with van der Waals surface area (Å²) in [5, 5.41) is 4.01. The lowest BCUT2D eigenvalue weighted by Crippen LogP contribution is -2.25. The van der Waals surface area contributed by atoms with Crippen LogP contribution in [0, 0.1) is 6.92 Å². The highest BCUT2D eigenvalue weighted by molar-refractivity contribution is 7.19. The number of thiophene rings is 1. The van der Waals surface area contributed by atoms with E-state index in [0.717, 1.165) is 32.9 Å². The van der Waals surface area contributed by atoms with Crippen molar-refractivity contribution >= 4 is 35.1 Å². The SMILES string of the molecule is Cc1ccc(C(C)C)c(OCC(=O)N/N=C/c2cc(-c3ccccc3)sc2Cl)c1. The highest BCUT2D eigenvalue weighted by atomic mass is 35.5. The Hall–Kier alpha value is -2.63. The second kappa shape index (κ2) is 9.72. The van der Waals surface area contributed by atoms with Gasteiger partial charge in [-0.2, -0.15) is 5.10 Å². The summed E-state index contributed by atoms with van der Waals surface area (Å²) in [6.45, 7) is 6.08. The molecule has 1 heterocycles. The van der Waals surface area contributed by atoms with Crippen LogP contribution in [0.3, 0.4) is 0 Å². The lowest BCUT2D eigenvalue weighted by atomic mass is 10.0. The van der Waals surface area contributed by atoms with Crippen molar-refractivity contribution in [3.8, 4) is 16.2 Å². The van der Waals surface area contributed by atoms with E-state index in [2.05, 4.69) is 24.4 Å². The molecule has 0 unspecified atom stereocenters. The Morgan fingerprint density at radius 3 is 2.69 bits per heavy atom. The molecule has 0 aliphatic carbocycles. The van der Waals surface area contributed by atoms with Crippen molar-refractivity contribution in [1.82, 2.24) is 5.43 Å². The maximum Gasteiger partial charge on any atom is 0.277 e. The molecule has 1 N–H and O–H groups in total. The molecule has 0 atom stereocenters. The van der Waals surface area contributed by atoms with Crippen molar-refractivity contribution in [2.45, 2.75) is 26.7 Å². The molecule has 4 nitrogen and oxygen atoms in total. The van der Waals surface area contributed by atoms with E-state index in [1.54, 1.807) is 6.21 Å². The average Bonchev–Trinajstić information content (AvgIpc) is 3.07. The average molecular weight is 427 g/mol. The molecule has 0 saturated carbocycles. The van der Waals surface area contributed by atoms with Crippen LogP contribution in [-0.2, 0) is 4.79 Å². The zero-order chi connectivity index (χ0) is 20.8. The minimum atomic E-state index is -0.327. The third-order valence-electron chi connectivity index (χ3n) is 4.31. The summed E-state index contributed by atoms with van der Waals surface area (Å²) in [7, 11) is 0. The predicted molar refractivity (Wildman–Crippen MR) is 121 cm³/mol. The third kappa shape index (κ3) is 5.68. The van der Waals surface area contributed by atoms with Gasteiger partial charge in [0.2, 0.25) is 0 Å². The van der Waals surface area contributed by atoms with Crippen LogP contribution < -0.4 is 10.2 Å². The van der Waals surface area contributed by atoms with E-state index in [-0.39, 0.29) is 12.5 Å². The number of hydrazone groups is 1. The Morgan fingerprint density at radius 1 is 1.21 bits per heavy atom. The summed E-state index contributed by atoms with van der Waals surface area (Å²) in [6, 6.07) is 18.0. The van der Waals surface area contributed by atoms with E-state index < -0.39 is 0 Å². The predicted octanol–water partition coefficient (Wildman–Crippen LogP) is 6.03. The number of hydrogen-bond donors (Lipinski definition) is 1. The topological polar surface area (TPSA) is 50.7 Å². The number of halogens is 1. The number of nitrogens with zero attached hydrogens (tertiary/aromatic N) is 1. The summed E-state index contributed by atoms with van der Waals surface area (Å²) in [6.07, 6.45) is 1.55. The number of carbonyl (C=O) groups is 1. The Bertz CT molecular complexity index is 1010. The number of carbonyl (C=O) groups excluding carboxylic acids is 1. The van der Waals surface area contributed by atoms with Crippen molar-refractivity contribution in [3.05, 3.63) is 75.6 Å². The summed E-state index contributed by atoms with van der Waals surface area (Å²) in [4.78, 5) is 13.2. The molecule has 0 aliphatic rings. The first-order valence-electron chi connectivity index (χ1n) is 9.34. The van der Waals surface area contributed by atoms with Gasteiger partial charge in [0.25, 0.3) is 5.91 Å². The second-order valence-electron chi connectivity index (χ2n) is 6.98. The monoisotopic (exact) mass is 426 g/mol.